The van der Waals surface area contributed by atoms with Crippen LogP contribution in [0.5, 0.6) is 0 Å². The third-order valence-corrected chi connectivity index (χ3v) is 6.89. The van der Waals surface area contributed by atoms with Gasteiger partial charge in [-0.1, -0.05) is 55.6 Å². The van der Waals surface area contributed by atoms with Gasteiger partial charge in [0.15, 0.2) is 9.99 Å². The van der Waals surface area contributed by atoms with Gasteiger partial charge in [0.1, 0.15) is 16.2 Å². The van der Waals surface area contributed by atoms with E-state index < -0.39 is 11.2 Å². The minimum atomic E-state index is -0.489. The maximum Gasteiger partial charge on any atom is 0.332 e. The number of nitrogens with one attached hydrogen (secondary N) is 1. The first kappa shape index (κ1) is 22.4. The van der Waals surface area contributed by atoms with E-state index in [1.165, 1.54) is 23.0 Å². The minimum absolute atomic E-state index is 0.0161. The molecule has 0 spiro atoms. The number of thioether (sulfide) groups is 2. The number of aryl methyl sites for hydroxylation is 1. The summed E-state index contributed by atoms with van der Waals surface area (Å²) < 4.78 is 3.12. The average molecular weight is 468 g/mol. The molecule has 0 aliphatic heterocycles. The molecule has 1 amide bonds. The van der Waals surface area contributed by atoms with Crippen LogP contribution in [0.25, 0.3) is 11.0 Å². The molecule has 13 heteroatoms. The molecule has 0 atom stereocenters. The summed E-state index contributed by atoms with van der Waals surface area (Å²) in [5.41, 5.74) is -0.696. The number of aromatic nitrogens is 6. The summed E-state index contributed by atoms with van der Waals surface area (Å²) in [6, 6.07) is 0. The Labute approximate surface area is 184 Å². The Kier molecular flexibility index (Phi) is 6.93. The SMILES string of the molecule is CCSc1nnc(NC(=O)CSc2nc(C(C)C)nc3c2c(=O)n(C)c(=O)n3C)s1. The zero-order valence-electron chi connectivity index (χ0n) is 17.1. The van der Waals surface area contributed by atoms with Crippen molar-refractivity contribution in [2.24, 2.45) is 14.1 Å². The smallest absolute Gasteiger partial charge is 0.300 e. The van der Waals surface area contributed by atoms with Crippen molar-refractivity contribution < 1.29 is 4.79 Å². The van der Waals surface area contributed by atoms with Crippen molar-refractivity contribution in [2.45, 2.75) is 36.1 Å². The van der Waals surface area contributed by atoms with Crippen LogP contribution < -0.4 is 16.6 Å². The van der Waals surface area contributed by atoms with Crippen LogP contribution in [0.2, 0.25) is 0 Å². The van der Waals surface area contributed by atoms with E-state index in [-0.39, 0.29) is 28.6 Å². The molecule has 0 radical (unpaired) electrons. The number of rotatable bonds is 7. The quantitative estimate of drug-likeness (QED) is 0.315. The lowest BCUT2D eigenvalue weighted by atomic mass is 10.2. The summed E-state index contributed by atoms with van der Waals surface area (Å²) in [5, 5.41) is 11.7. The molecule has 3 aromatic rings. The highest BCUT2D eigenvalue weighted by Gasteiger charge is 2.19. The fourth-order valence-electron chi connectivity index (χ4n) is 2.54. The van der Waals surface area contributed by atoms with Crippen LogP contribution in [0.15, 0.2) is 19.0 Å². The lowest BCUT2D eigenvalue weighted by Gasteiger charge is -2.13. The van der Waals surface area contributed by atoms with Gasteiger partial charge in [0.05, 0.1) is 5.75 Å². The van der Waals surface area contributed by atoms with E-state index in [1.54, 1.807) is 18.8 Å². The van der Waals surface area contributed by atoms with Crippen molar-refractivity contribution in [1.29, 1.82) is 0 Å². The molecule has 160 valence electrons. The summed E-state index contributed by atoms with van der Waals surface area (Å²) in [4.78, 5) is 46.3. The van der Waals surface area contributed by atoms with Crippen molar-refractivity contribution in [1.82, 2.24) is 29.3 Å². The normalized spacial score (nSPS) is 11.4. The van der Waals surface area contributed by atoms with Crippen molar-refractivity contribution in [3.8, 4) is 0 Å². The molecule has 0 aliphatic carbocycles. The Morgan fingerprint density at radius 1 is 1.13 bits per heavy atom. The maximum absolute atomic E-state index is 12.7. The first-order valence-electron chi connectivity index (χ1n) is 9.09. The monoisotopic (exact) mass is 467 g/mol. The lowest BCUT2D eigenvalue weighted by Crippen LogP contribution is -2.38. The second kappa shape index (κ2) is 9.27. The number of hydrogen-bond donors (Lipinski definition) is 1. The molecule has 0 saturated heterocycles. The molecule has 30 heavy (non-hydrogen) atoms. The van der Waals surface area contributed by atoms with Gasteiger partial charge in [0.25, 0.3) is 5.56 Å². The summed E-state index contributed by atoms with van der Waals surface area (Å²) >= 11 is 3.98. The first-order valence-corrected chi connectivity index (χ1v) is 11.9. The standard InChI is InChI=1S/C17H21N7O3S3/c1-6-28-16-22-21-15(30-16)18-9(25)7-29-13-10-12(19-11(20-13)8(2)3)23(4)17(27)24(5)14(10)26/h8H,6-7H2,1-5H3,(H,18,21,25). The summed E-state index contributed by atoms with van der Waals surface area (Å²) in [7, 11) is 2.96. The van der Waals surface area contributed by atoms with Gasteiger partial charge < -0.3 is 0 Å². The van der Waals surface area contributed by atoms with Gasteiger partial charge in [-0.2, -0.15) is 0 Å². The molecule has 0 bridgehead atoms. The summed E-state index contributed by atoms with van der Waals surface area (Å²) in [5.74, 6) is 1.08. The van der Waals surface area contributed by atoms with Gasteiger partial charge in [-0.05, 0) is 5.75 Å². The van der Waals surface area contributed by atoms with Crippen molar-refractivity contribution in [2.75, 3.05) is 16.8 Å². The molecule has 3 heterocycles. The van der Waals surface area contributed by atoms with E-state index in [9.17, 15) is 14.4 Å². The van der Waals surface area contributed by atoms with E-state index in [2.05, 4.69) is 25.5 Å². The molecule has 0 fully saturated rings. The zero-order chi connectivity index (χ0) is 22.0. The van der Waals surface area contributed by atoms with E-state index in [0.29, 0.717) is 16.0 Å². The van der Waals surface area contributed by atoms with Crippen LogP contribution in [0.3, 0.4) is 0 Å². The molecule has 3 aromatic heterocycles. The molecule has 0 aromatic carbocycles. The third-order valence-electron chi connectivity index (χ3n) is 4.06. The maximum atomic E-state index is 12.7. The number of carbonyl (C=O) groups excluding carboxylic acids is 1. The van der Waals surface area contributed by atoms with E-state index in [0.717, 1.165) is 26.4 Å². The largest absolute Gasteiger partial charge is 0.332 e. The third kappa shape index (κ3) is 4.57. The van der Waals surface area contributed by atoms with Crippen LogP contribution in [0, 0.1) is 0 Å². The molecule has 3 rings (SSSR count). The first-order chi connectivity index (χ1) is 14.2. The number of nitrogens with zero attached hydrogens (tertiary/aromatic N) is 6. The highest BCUT2D eigenvalue weighted by molar-refractivity contribution is 8.01. The average Bonchev–Trinajstić information content (AvgIpc) is 3.15. The summed E-state index contributed by atoms with van der Waals surface area (Å²) in [6.07, 6.45) is 0. The fourth-order valence-corrected chi connectivity index (χ4v) is 5.03. The van der Waals surface area contributed by atoms with Crippen molar-refractivity contribution in [3.63, 3.8) is 0 Å². The number of fused-ring (bicyclic) bond motifs is 1. The Morgan fingerprint density at radius 3 is 2.53 bits per heavy atom. The van der Waals surface area contributed by atoms with E-state index in [1.807, 2.05) is 20.8 Å². The van der Waals surface area contributed by atoms with E-state index >= 15 is 0 Å². The van der Waals surface area contributed by atoms with Gasteiger partial charge >= 0.3 is 5.69 Å². The van der Waals surface area contributed by atoms with Gasteiger partial charge in [-0.15, -0.1) is 10.2 Å². The molecule has 0 aliphatic rings. The molecule has 0 saturated carbocycles. The second-order valence-electron chi connectivity index (χ2n) is 6.59. The van der Waals surface area contributed by atoms with Gasteiger partial charge in [0, 0.05) is 20.0 Å². The molecular weight excluding hydrogens is 446 g/mol. The van der Waals surface area contributed by atoms with Gasteiger partial charge in [0.2, 0.25) is 11.0 Å². The number of amides is 1. The zero-order valence-corrected chi connectivity index (χ0v) is 19.6. The minimum Gasteiger partial charge on any atom is -0.300 e. The van der Waals surface area contributed by atoms with Crippen LogP contribution in [-0.2, 0) is 18.9 Å². The highest BCUT2D eigenvalue weighted by Crippen LogP contribution is 2.27. The van der Waals surface area contributed by atoms with Crippen LogP contribution >= 0.6 is 34.9 Å². The van der Waals surface area contributed by atoms with Crippen molar-refractivity contribution in [3.05, 3.63) is 26.7 Å². The predicted molar refractivity (Wildman–Crippen MR) is 120 cm³/mol. The molecule has 0 unspecified atom stereocenters. The Hall–Kier alpha value is -2.25. The van der Waals surface area contributed by atoms with Crippen LogP contribution in [0.4, 0.5) is 5.13 Å². The van der Waals surface area contributed by atoms with Gasteiger partial charge in [-0.3, -0.25) is 24.0 Å². The molecule has 10 nitrogen and oxygen atoms in total. The Bertz CT molecular complexity index is 1220. The number of hydrogen-bond acceptors (Lipinski definition) is 10. The molecule has 1 N–H and O–H groups in total. The number of anilines is 1. The predicted octanol–water partition coefficient (Wildman–Crippen LogP) is 1.84. The van der Waals surface area contributed by atoms with E-state index in [4.69, 9.17) is 0 Å². The van der Waals surface area contributed by atoms with Crippen LogP contribution in [-0.4, -0.2) is 46.7 Å². The van der Waals surface area contributed by atoms with Gasteiger partial charge in [-0.25, -0.2) is 14.8 Å². The summed E-state index contributed by atoms with van der Waals surface area (Å²) in [6.45, 7) is 5.85. The highest BCUT2D eigenvalue weighted by atomic mass is 32.2. The topological polar surface area (TPSA) is 125 Å². The van der Waals surface area contributed by atoms with Crippen LogP contribution in [0.1, 0.15) is 32.5 Å². The van der Waals surface area contributed by atoms with Crippen molar-refractivity contribution >= 4 is 56.9 Å². The Balaban J connectivity index is 1.91. The second-order valence-corrected chi connectivity index (χ2v) is 10.0. The Morgan fingerprint density at radius 2 is 1.87 bits per heavy atom. The number of carbonyl (C=O) groups is 1. The lowest BCUT2D eigenvalue weighted by molar-refractivity contribution is -0.113. The molecular formula is C17H21N7O3S3. The fraction of sp³-hybridized carbons (Fsp3) is 0.471.